The van der Waals surface area contributed by atoms with Gasteiger partial charge in [0.15, 0.2) is 11.6 Å². The van der Waals surface area contributed by atoms with Gasteiger partial charge >= 0.3 is 0 Å². The number of halogens is 4. The average molecular weight is 368 g/mol. The van der Waals surface area contributed by atoms with Crippen molar-refractivity contribution in [2.75, 3.05) is 5.32 Å². The van der Waals surface area contributed by atoms with Crippen LogP contribution in [0.2, 0.25) is 5.28 Å². The van der Waals surface area contributed by atoms with Crippen LogP contribution in [-0.2, 0) is 0 Å². The third kappa shape index (κ3) is 3.01. The number of rotatable bonds is 2. The minimum atomic E-state index is -0.630. The van der Waals surface area contributed by atoms with Gasteiger partial charge in [-0.2, -0.15) is 4.98 Å². The van der Waals surface area contributed by atoms with E-state index in [1.807, 2.05) is 22.6 Å². The number of aromatic nitrogens is 2. The largest absolute Gasteiger partial charge is 0.337 e. The molecule has 3 nitrogen and oxygen atoms in total. The molecule has 1 heterocycles. The van der Waals surface area contributed by atoms with Crippen molar-refractivity contribution in [3.63, 3.8) is 0 Å². The summed E-state index contributed by atoms with van der Waals surface area (Å²) in [5.74, 6) is -1.04. The van der Waals surface area contributed by atoms with E-state index in [2.05, 4.69) is 15.3 Å². The summed E-state index contributed by atoms with van der Waals surface area (Å²) in [6, 6.07) is 4.08. The molecule has 0 saturated carbocycles. The lowest BCUT2D eigenvalue weighted by Gasteiger charge is -2.08. The molecule has 0 spiro atoms. The standard InChI is InChI=1S/C10H5ClF2IN3/c11-10-15-4-6(13)9(17-10)16-8-2-1-5(12)3-7(8)14/h1-4H,(H,15,16,17). The van der Waals surface area contributed by atoms with Crippen LogP contribution in [0.4, 0.5) is 20.3 Å². The first-order chi connectivity index (χ1) is 8.06. The van der Waals surface area contributed by atoms with Gasteiger partial charge in [-0.3, -0.25) is 0 Å². The van der Waals surface area contributed by atoms with Gasteiger partial charge in [-0.25, -0.2) is 13.8 Å². The maximum Gasteiger partial charge on any atom is 0.224 e. The predicted octanol–water partition coefficient (Wildman–Crippen LogP) is 3.76. The Morgan fingerprint density at radius 1 is 1.29 bits per heavy atom. The molecule has 0 radical (unpaired) electrons. The van der Waals surface area contributed by atoms with Gasteiger partial charge in [0.1, 0.15) is 5.82 Å². The molecular weight excluding hydrogens is 362 g/mol. The third-order valence-electron chi connectivity index (χ3n) is 1.90. The van der Waals surface area contributed by atoms with Gasteiger partial charge in [-0.1, -0.05) is 0 Å². The lowest BCUT2D eigenvalue weighted by molar-refractivity contribution is 0.618. The highest BCUT2D eigenvalue weighted by atomic mass is 127. The molecular formula is C10H5ClF2IN3. The average Bonchev–Trinajstić information content (AvgIpc) is 2.27. The van der Waals surface area contributed by atoms with Crippen LogP contribution in [0.5, 0.6) is 0 Å². The van der Waals surface area contributed by atoms with Crippen LogP contribution in [0.3, 0.4) is 0 Å². The topological polar surface area (TPSA) is 37.8 Å². The molecule has 0 unspecified atom stereocenters. The molecule has 2 rings (SSSR count). The molecule has 0 fully saturated rings. The van der Waals surface area contributed by atoms with E-state index in [4.69, 9.17) is 11.6 Å². The molecule has 7 heteroatoms. The Bertz CT molecular complexity index is 565. The van der Waals surface area contributed by atoms with Gasteiger partial charge in [0, 0.05) is 3.57 Å². The number of anilines is 2. The van der Waals surface area contributed by atoms with Crippen molar-refractivity contribution >= 4 is 45.7 Å². The molecule has 0 amide bonds. The summed E-state index contributed by atoms with van der Waals surface area (Å²) < 4.78 is 26.8. The van der Waals surface area contributed by atoms with Gasteiger partial charge in [0.2, 0.25) is 5.28 Å². The molecule has 0 aliphatic heterocycles. The zero-order chi connectivity index (χ0) is 12.4. The zero-order valence-corrected chi connectivity index (χ0v) is 11.1. The Labute approximate surface area is 114 Å². The molecule has 0 saturated heterocycles. The van der Waals surface area contributed by atoms with E-state index >= 15 is 0 Å². The van der Waals surface area contributed by atoms with Gasteiger partial charge in [-0.05, 0) is 52.4 Å². The molecule has 1 aromatic heterocycles. The fourth-order valence-electron chi connectivity index (χ4n) is 1.15. The predicted molar refractivity (Wildman–Crippen MR) is 69.4 cm³/mol. The molecule has 88 valence electrons. The quantitative estimate of drug-likeness (QED) is 0.649. The number of nitrogens with one attached hydrogen (secondary N) is 1. The van der Waals surface area contributed by atoms with Crippen LogP contribution in [0.1, 0.15) is 0 Å². The number of nitrogens with zero attached hydrogens (tertiary/aromatic N) is 2. The monoisotopic (exact) mass is 367 g/mol. The minimum Gasteiger partial charge on any atom is -0.337 e. The first-order valence-electron chi connectivity index (χ1n) is 4.46. The van der Waals surface area contributed by atoms with Crippen LogP contribution < -0.4 is 5.32 Å². The van der Waals surface area contributed by atoms with Crippen molar-refractivity contribution in [3.8, 4) is 0 Å². The maximum absolute atomic E-state index is 13.3. The smallest absolute Gasteiger partial charge is 0.224 e. The molecule has 1 N–H and O–H groups in total. The Morgan fingerprint density at radius 3 is 2.76 bits per heavy atom. The van der Waals surface area contributed by atoms with Crippen molar-refractivity contribution in [1.29, 1.82) is 0 Å². The first-order valence-corrected chi connectivity index (χ1v) is 5.92. The second-order valence-electron chi connectivity index (χ2n) is 3.08. The molecule has 1 aromatic carbocycles. The molecule has 2 aromatic rings. The van der Waals surface area contributed by atoms with Crippen LogP contribution in [0.15, 0.2) is 24.4 Å². The number of hydrogen-bond donors (Lipinski definition) is 1. The second-order valence-corrected chi connectivity index (χ2v) is 4.58. The Kier molecular flexibility index (Phi) is 3.72. The van der Waals surface area contributed by atoms with Crippen LogP contribution in [-0.4, -0.2) is 9.97 Å². The fourth-order valence-corrected chi connectivity index (χ4v) is 1.90. The van der Waals surface area contributed by atoms with Gasteiger partial charge in [0.25, 0.3) is 0 Å². The first kappa shape index (κ1) is 12.4. The van der Waals surface area contributed by atoms with Crippen molar-refractivity contribution in [3.05, 3.63) is 44.9 Å². The van der Waals surface area contributed by atoms with E-state index < -0.39 is 5.82 Å². The molecule has 17 heavy (non-hydrogen) atoms. The van der Waals surface area contributed by atoms with E-state index in [1.165, 1.54) is 18.2 Å². The van der Waals surface area contributed by atoms with Crippen LogP contribution in [0.25, 0.3) is 0 Å². The maximum atomic E-state index is 13.3. The fraction of sp³-hybridized carbons (Fsp3) is 0. The van der Waals surface area contributed by atoms with E-state index in [0.717, 1.165) is 6.20 Å². The highest BCUT2D eigenvalue weighted by Gasteiger charge is 2.08. The van der Waals surface area contributed by atoms with Crippen molar-refractivity contribution in [2.24, 2.45) is 0 Å². The normalized spacial score (nSPS) is 10.4. The summed E-state index contributed by atoms with van der Waals surface area (Å²) in [7, 11) is 0. The zero-order valence-electron chi connectivity index (χ0n) is 8.22. The highest BCUT2D eigenvalue weighted by molar-refractivity contribution is 14.1. The van der Waals surface area contributed by atoms with Crippen molar-refractivity contribution in [1.82, 2.24) is 9.97 Å². The van der Waals surface area contributed by atoms with E-state index in [9.17, 15) is 8.78 Å². The van der Waals surface area contributed by atoms with Gasteiger partial charge in [0.05, 0.1) is 11.9 Å². The van der Waals surface area contributed by atoms with Gasteiger partial charge in [-0.15, -0.1) is 0 Å². The molecule has 0 aliphatic rings. The van der Waals surface area contributed by atoms with Crippen LogP contribution in [0, 0.1) is 15.2 Å². The third-order valence-corrected chi connectivity index (χ3v) is 2.97. The summed E-state index contributed by atoms with van der Waals surface area (Å²) in [5.41, 5.74) is 0.542. The van der Waals surface area contributed by atoms with Gasteiger partial charge < -0.3 is 5.32 Å². The lowest BCUT2D eigenvalue weighted by atomic mass is 10.3. The van der Waals surface area contributed by atoms with E-state index in [0.29, 0.717) is 9.26 Å². The minimum absolute atomic E-state index is 0.0467. The Morgan fingerprint density at radius 2 is 2.06 bits per heavy atom. The highest BCUT2D eigenvalue weighted by Crippen LogP contribution is 2.24. The molecule has 0 aliphatic carbocycles. The summed E-state index contributed by atoms with van der Waals surface area (Å²) in [6.45, 7) is 0. The number of hydrogen-bond acceptors (Lipinski definition) is 3. The molecule has 0 atom stereocenters. The van der Waals surface area contributed by atoms with E-state index in [1.54, 1.807) is 0 Å². The SMILES string of the molecule is Fc1ccc(Nc2nc(Cl)ncc2F)c(I)c1. The Balaban J connectivity index is 2.34. The lowest BCUT2D eigenvalue weighted by Crippen LogP contribution is -2.00. The van der Waals surface area contributed by atoms with Crippen molar-refractivity contribution < 1.29 is 8.78 Å². The summed E-state index contributed by atoms with van der Waals surface area (Å²) in [5, 5.41) is 2.66. The van der Waals surface area contributed by atoms with E-state index in [-0.39, 0.29) is 16.9 Å². The van der Waals surface area contributed by atoms with Crippen LogP contribution >= 0.6 is 34.2 Å². The van der Waals surface area contributed by atoms with Crippen molar-refractivity contribution in [2.45, 2.75) is 0 Å². The Hall–Kier alpha value is -1.02. The summed E-state index contributed by atoms with van der Waals surface area (Å²) >= 11 is 7.49. The summed E-state index contributed by atoms with van der Waals surface area (Å²) in [6.07, 6.45) is 0.966. The summed E-state index contributed by atoms with van der Waals surface area (Å²) in [4.78, 5) is 7.20. The second kappa shape index (κ2) is 5.09. The number of benzene rings is 1. The molecule has 0 bridgehead atoms.